The largest absolute Gasteiger partial charge is 0.399 e. The summed E-state index contributed by atoms with van der Waals surface area (Å²) in [5.41, 5.74) is 12.6. The maximum absolute atomic E-state index is 11.3. The number of amides is 1. The molecule has 1 amide bonds. The monoisotopic (exact) mass is 253 g/mol. The number of primary amides is 1. The van der Waals surface area contributed by atoms with E-state index in [0.717, 1.165) is 6.54 Å². The highest BCUT2D eigenvalue weighted by Crippen LogP contribution is 2.45. The van der Waals surface area contributed by atoms with E-state index < -0.39 is 5.91 Å². The molecule has 1 fully saturated rings. The first-order valence-corrected chi connectivity index (χ1v) is 5.92. The average Bonchev–Trinajstić information content (AvgIpc) is 2.94. The summed E-state index contributed by atoms with van der Waals surface area (Å²) in [6.07, 6.45) is 2.39. The number of nitrogens with one attached hydrogen (secondary N) is 1. The second-order valence-corrected chi connectivity index (χ2v) is 5.36. The van der Waals surface area contributed by atoms with Gasteiger partial charge in [-0.1, -0.05) is 18.5 Å². The molecule has 5 N–H and O–H groups in total. The van der Waals surface area contributed by atoms with Crippen LogP contribution in [0.3, 0.4) is 0 Å². The molecule has 0 saturated heterocycles. The number of rotatable bonds is 4. The first kappa shape index (κ1) is 12.0. The van der Waals surface area contributed by atoms with Crippen molar-refractivity contribution in [1.82, 2.24) is 0 Å². The van der Waals surface area contributed by atoms with Crippen molar-refractivity contribution < 1.29 is 4.79 Å². The van der Waals surface area contributed by atoms with E-state index in [4.69, 9.17) is 23.1 Å². The molecule has 0 aliphatic heterocycles. The van der Waals surface area contributed by atoms with Crippen molar-refractivity contribution in [1.29, 1.82) is 0 Å². The van der Waals surface area contributed by atoms with E-state index in [1.165, 1.54) is 12.8 Å². The summed E-state index contributed by atoms with van der Waals surface area (Å²) in [6, 6.07) is 3.16. The van der Waals surface area contributed by atoms with Gasteiger partial charge in [0.15, 0.2) is 0 Å². The predicted molar refractivity (Wildman–Crippen MR) is 70.2 cm³/mol. The van der Waals surface area contributed by atoms with Gasteiger partial charge >= 0.3 is 0 Å². The zero-order chi connectivity index (χ0) is 12.6. The number of anilines is 2. The van der Waals surface area contributed by atoms with Gasteiger partial charge in [-0.05, 0) is 30.4 Å². The fourth-order valence-corrected chi connectivity index (χ4v) is 1.99. The Kier molecular flexibility index (Phi) is 2.91. The van der Waals surface area contributed by atoms with E-state index >= 15 is 0 Å². The highest BCUT2D eigenvalue weighted by Gasteiger charge is 2.37. The molecule has 1 aromatic carbocycles. The number of halogens is 1. The van der Waals surface area contributed by atoms with Crippen molar-refractivity contribution in [2.75, 3.05) is 17.6 Å². The summed E-state index contributed by atoms with van der Waals surface area (Å²) in [5, 5.41) is 3.64. The molecule has 0 aromatic heterocycles. The van der Waals surface area contributed by atoms with Gasteiger partial charge in [-0.15, -0.1) is 0 Å². The van der Waals surface area contributed by atoms with E-state index in [0.29, 0.717) is 27.4 Å². The van der Waals surface area contributed by atoms with Gasteiger partial charge in [0.1, 0.15) is 0 Å². The lowest BCUT2D eigenvalue weighted by Gasteiger charge is -2.15. The molecule has 0 spiro atoms. The molecule has 1 aliphatic rings. The van der Waals surface area contributed by atoms with Crippen molar-refractivity contribution in [3.8, 4) is 0 Å². The molecule has 1 saturated carbocycles. The molecule has 1 aliphatic carbocycles. The number of nitrogen functional groups attached to an aromatic ring is 1. The summed E-state index contributed by atoms with van der Waals surface area (Å²) in [5.74, 6) is -0.525. The van der Waals surface area contributed by atoms with Gasteiger partial charge in [-0.2, -0.15) is 0 Å². The Morgan fingerprint density at radius 1 is 1.53 bits per heavy atom. The van der Waals surface area contributed by atoms with Crippen LogP contribution in [0.5, 0.6) is 0 Å². The third-order valence-corrected chi connectivity index (χ3v) is 3.47. The van der Waals surface area contributed by atoms with Crippen LogP contribution in [0.25, 0.3) is 0 Å². The van der Waals surface area contributed by atoms with Crippen LogP contribution in [-0.2, 0) is 0 Å². The fourth-order valence-electron chi connectivity index (χ4n) is 1.69. The van der Waals surface area contributed by atoms with Crippen LogP contribution < -0.4 is 16.8 Å². The van der Waals surface area contributed by atoms with Gasteiger partial charge < -0.3 is 16.8 Å². The molecule has 2 rings (SSSR count). The lowest BCUT2D eigenvalue weighted by molar-refractivity contribution is 0.100. The quantitative estimate of drug-likeness (QED) is 0.720. The molecule has 0 unspecified atom stereocenters. The predicted octanol–water partition coefficient (Wildman–Crippen LogP) is 2.23. The van der Waals surface area contributed by atoms with E-state index in [1.807, 2.05) is 0 Å². The Bertz CT molecular complexity index is 469. The van der Waals surface area contributed by atoms with Crippen molar-refractivity contribution in [3.63, 3.8) is 0 Å². The van der Waals surface area contributed by atoms with Crippen LogP contribution >= 0.6 is 11.6 Å². The lowest BCUT2D eigenvalue weighted by Crippen LogP contribution is -2.18. The zero-order valence-corrected chi connectivity index (χ0v) is 10.5. The summed E-state index contributed by atoms with van der Waals surface area (Å²) in [4.78, 5) is 11.3. The van der Waals surface area contributed by atoms with E-state index in [9.17, 15) is 4.79 Å². The third-order valence-electron chi connectivity index (χ3n) is 3.17. The molecule has 1 aromatic rings. The smallest absolute Gasteiger partial charge is 0.250 e. The Hall–Kier alpha value is -1.42. The number of hydrogen-bond donors (Lipinski definition) is 3. The van der Waals surface area contributed by atoms with Crippen LogP contribution in [-0.4, -0.2) is 12.5 Å². The lowest BCUT2D eigenvalue weighted by atomic mass is 10.1. The maximum atomic E-state index is 11.3. The Morgan fingerprint density at radius 2 is 2.18 bits per heavy atom. The topological polar surface area (TPSA) is 81.1 Å². The molecule has 4 nitrogen and oxygen atoms in total. The van der Waals surface area contributed by atoms with Gasteiger partial charge in [0.05, 0.1) is 16.3 Å². The van der Waals surface area contributed by atoms with Crippen LogP contribution in [0, 0.1) is 5.41 Å². The number of nitrogens with two attached hydrogens (primary N) is 2. The highest BCUT2D eigenvalue weighted by atomic mass is 35.5. The zero-order valence-electron chi connectivity index (χ0n) is 9.72. The van der Waals surface area contributed by atoms with Gasteiger partial charge in [0.25, 0.3) is 5.91 Å². The molecule has 0 atom stereocenters. The molecule has 0 bridgehead atoms. The van der Waals surface area contributed by atoms with Crippen molar-refractivity contribution in [3.05, 3.63) is 22.7 Å². The normalized spacial score (nSPS) is 16.6. The van der Waals surface area contributed by atoms with E-state index in [1.54, 1.807) is 12.1 Å². The number of carbonyl (C=O) groups excluding carboxylic acids is 1. The van der Waals surface area contributed by atoms with Gasteiger partial charge in [-0.25, -0.2) is 0 Å². The summed E-state index contributed by atoms with van der Waals surface area (Å²) in [6.45, 7) is 2.98. The minimum atomic E-state index is -0.525. The Morgan fingerprint density at radius 3 is 2.71 bits per heavy atom. The van der Waals surface area contributed by atoms with Crippen LogP contribution in [0.1, 0.15) is 30.1 Å². The molecular weight excluding hydrogens is 238 g/mol. The molecule has 92 valence electrons. The Labute approximate surface area is 105 Å². The van der Waals surface area contributed by atoms with E-state index in [-0.39, 0.29) is 0 Å². The molecular formula is C12H16ClN3O. The van der Waals surface area contributed by atoms with Crippen LogP contribution in [0.4, 0.5) is 11.4 Å². The maximum Gasteiger partial charge on any atom is 0.250 e. The van der Waals surface area contributed by atoms with Gasteiger partial charge in [0.2, 0.25) is 0 Å². The van der Waals surface area contributed by atoms with Crippen molar-refractivity contribution in [2.45, 2.75) is 19.8 Å². The molecule has 5 heteroatoms. The molecule has 0 heterocycles. The second kappa shape index (κ2) is 4.11. The minimum absolute atomic E-state index is 0.319. The summed E-state index contributed by atoms with van der Waals surface area (Å²) < 4.78 is 0. The SMILES string of the molecule is CC1(CNc2c(Cl)cc(N)cc2C(N)=O)CC1. The van der Waals surface area contributed by atoms with Gasteiger partial charge in [-0.3, -0.25) is 4.79 Å². The average molecular weight is 254 g/mol. The number of hydrogen-bond acceptors (Lipinski definition) is 3. The first-order chi connectivity index (χ1) is 7.91. The first-order valence-electron chi connectivity index (χ1n) is 5.54. The van der Waals surface area contributed by atoms with Crippen LogP contribution in [0.15, 0.2) is 12.1 Å². The highest BCUT2D eigenvalue weighted by molar-refractivity contribution is 6.34. The molecule has 0 radical (unpaired) electrons. The minimum Gasteiger partial charge on any atom is -0.399 e. The number of benzene rings is 1. The number of carbonyl (C=O) groups is 1. The fraction of sp³-hybridized carbons (Fsp3) is 0.417. The Balaban J connectivity index is 2.27. The van der Waals surface area contributed by atoms with Crippen molar-refractivity contribution in [2.24, 2.45) is 11.1 Å². The summed E-state index contributed by atoms with van der Waals surface area (Å²) >= 11 is 6.08. The second-order valence-electron chi connectivity index (χ2n) is 4.95. The molecule has 17 heavy (non-hydrogen) atoms. The van der Waals surface area contributed by atoms with Gasteiger partial charge in [0, 0.05) is 12.2 Å². The van der Waals surface area contributed by atoms with Crippen molar-refractivity contribution >= 4 is 28.9 Å². The standard InChI is InChI=1S/C12H16ClN3O/c1-12(2-3-12)6-16-10-8(11(15)17)4-7(14)5-9(10)13/h4-5,16H,2-3,6,14H2,1H3,(H2,15,17). The van der Waals surface area contributed by atoms with E-state index in [2.05, 4.69) is 12.2 Å². The van der Waals surface area contributed by atoms with Crippen LogP contribution in [0.2, 0.25) is 5.02 Å². The third kappa shape index (κ3) is 2.64. The summed E-state index contributed by atoms with van der Waals surface area (Å²) in [7, 11) is 0.